The van der Waals surface area contributed by atoms with Gasteiger partial charge >= 0.3 is 0 Å². The second-order valence-corrected chi connectivity index (χ2v) is 5.84. The van der Waals surface area contributed by atoms with Gasteiger partial charge in [0.2, 0.25) is 0 Å². The van der Waals surface area contributed by atoms with Crippen LogP contribution in [0.15, 0.2) is 48.5 Å². The minimum atomic E-state index is 0.669. The van der Waals surface area contributed by atoms with Crippen molar-refractivity contribution in [3.63, 3.8) is 0 Å². The van der Waals surface area contributed by atoms with E-state index in [1.54, 1.807) is 0 Å². The molecule has 0 fully saturated rings. The molecule has 0 aliphatic heterocycles. The van der Waals surface area contributed by atoms with Crippen LogP contribution in [0, 0.1) is 6.92 Å². The maximum absolute atomic E-state index is 5.45. The highest BCUT2D eigenvalue weighted by Gasteiger charge is 1.99. The second kappa shape index (κ2) is 9.16. The number of ether oxygens (including phenoxy) is 1. The number of hydrogen-bond acceptors (Lipinski definition) is 2. The zero-order valence-electron chi connectivity index (χ0n) is 13.8. The van der Waals surface area contributed by atoms with Gasteiger partial charge in [0.25, 0.3) is 0 Å². The molecule has 2 rings (SSSR count). The minimum Gasteiger partial charge on any atom is -0.494 e. The van der Waals surface area contributed by atoms with E-state index in [4.69, 9.17) is 17.0 Å². The highest BCUT2D eigenvalue weighted by molar-refractivity contribution is 7.80. The average molecular weight is 328 g/mol. The van der Waals surface area contributed by atoms with Crippen LogP contribution in [0.2, 0.25) is 0 Å². The first-order valence-corrected chi connectivity index (χ1v) is 8.41. The van der Waals surface area contributed by atoms with Gasteiger partial charge in [-0.25, -0.2) is 0 Å². The summed E-state index contributed by atoms with van der Waals surface area (Å²) in [6.45, 7) is 5.62. The Hall–Kier alpha value is -2.07. The van der Waals surface area contributed by atoms with Crippen molar-refractivity contribution in [3.05, 3.63) is 59.7 Å². The molecule has 0 radical (unpaired) electrons. The van der Waals surface area contributed by atoms with Crippen molar-refractivity contribution >= 4 is 23.0 Å². The summed E-state index contributed by atoms with van der Waals surface area (Å²) < 4.78 is 5.45. The van der Waals surface area contributed by atoms with Crippen LogP contribution in [0.3, 0.4) is 0 Å². The van der Waals surface area contributed by atoms with Gasteiger partial charge in [0, 0.05) is 12.2 Å². The normalized spacial score (nSPS) is 10.2. The smallest absolute Gasteiger partial charge is 0.170 e. The molecule has 2 N–H and O–H groups in total. The summed E-state index contributed by atoms with van der Waals surface area (Å²) in [6, 6.07) is 16.5. The van der Waals surface area contributed by atoms with Crippen LogP contribution < -0.4 is 15.4 Å². The molecule has 2 aromatic rings. The fraction of sp³-hybridized carbons (Fsp3) is 0.316. The number of hydrogen-bond donors (Lipinski definition) is 2. The summed E-state index contributed by atoms with van der Waals surface area (Å²) in [5, 5.41) is 7.12. The van der Waals surface area contributed by atoms with Crippen molar-refractivity contribution in [2.24, 2.45) is 0 Å². The van der Waals surface area contributed by atoms with Gasteiger partial charge < -0.3 is 15.4 Å². The lowest BCUT2D eigenvalue weighted by molar-refractivity contribution is 0.340. The van der Waals surface area contributed by atoms with Crippen LogP contribution in [0.4, 0.5) is 5.69 Å². The molecular weight excluding hydrogens is 304 g/mol. The van der Waals surface area contributed by atoms with Crippen molar-refractivity contribution in [2.75, 3.05) is 18.5 Å². The van der Waals surface area contributed by atoms with Gasteiger partial charge in [-0.3, -0.25) is 0 Å². The van der Waals surface area contributed by atoms with Crippen LogP contribution in [-0.2, 0) is 6.42 Å². The molecular formula is C19H24N2OS. The molecule has 0 bridgehead atoms. The first-order chi connectivity index (χ1) is 11.2. The van der Waals surface area contributed by atoms with Crippen LogP contribution >= 0.6 is 12.2 Å². The second-order valence-electron chi connectivity index (χ2n) is 5.43. The topological polar surface area (TPSA) is 33.3 Å². The summed E-state index contributed by atoms with van der Waals surface area (Å²) in [7, 11) is 0. The summed E-state index contributed by atoms with van der Waals surface area (Å²) in [5.74, 6) is 0.929. The molecule has 0 unspecified atom stereocenters. The Bertz CT molecular complexity index is 626. The highest BCUT2D eigenvalue weighted by Crippen LogP contribution is 2.13. The molecule has 0 heterocycles. The van der Waals surface area contributed by atoms with Crippen molar-refractivity contribution in [1.82, 2.24) is 5.32 Å². The molecule has 0 aliphatic carbocycles. The Balaban J connectivity index is 1.67. The lowest BCUT2D eigenvalue weighted by atomic mass is 10.1. The minimum absolute atomic E-state index is 0.669. The third-order valence-electron chi connectivity index (χ3n) is 3.44. The van der Waals surface area contributed by atoms with E-state index in [0.29, 0.717) is 11.7 Å². The van der Waals surface area contributed by atoms with Gasteiger partial charge in [0.15, 0.2) is 5.11 Å². The molecule has 3 nitrogen and oxygen atoms in total. The lowest BCUT2D eigenvalue weighted by Crippen LogP contribution is -2.29. The van der Waals surface area contributed by atoms with E-state index >= 15 is 0 Å². The van der Waals surface area contributed by atoms with E-state index in [-0.39, 0.29) is 0 Å². The maximum Gasteiger partial charge on any atom is 0.170 e. The summed E-state index contributed by atoms with van der Waals surface area (Å²) in [6.07, 6.45) is 2.05. The summed E-state index contributed by atoms with van der Waals surface area (Å²) >= 11 is 5.32. The quantitative estimate of drug-likeness (QED) is 0.586. The summed E-state index contributed by atoms with van der Waals surface area (Å²) in [5.41, 5.74) is 3.55. The van der Waals surface area contributed by atoms with Crippen molar-refractivity contribution in [1.29, 1.82) is 0 Å². The Morgan fingerprint density at radius 3 is 2.61 bits per heavy atom. The Kier molecular flexibility index (Phi) is 6.88. The number of benzene rings is 2. The standard InChI is InChI=1S/C19H24N2OS/c1-3-22-18-11-9-16(10-12-18)7-5-13-20-19(23)21-17-8-4-6-15(2)14-17/h4,6,8-12,14H,3,5,7,13H2,1-2H3,(H2,20,21,23). The van der Waals surface area contributed by atoms with Crippen molar-refractivity contribution in [3.8, 4) is 5.75 Å². The Labute approximate surface area is 144 Å². The number of anilines is 1. The maximum atomic E-state index is 5.45. The van der Waals surface area contributed by atoms with Crippen LogP contribution in [0.25, 0.3) is 0 Å². The third kappa shape index (κ3) is 6.28. The van der Waals surface area contributed by atoms with E-state index in [1.165, 1.54) is 11.1 Å². The molecule has 0 amide bonds. The first kappa shape index (κ1) is 17.3. The van der Waals surface area contributed by atoms with Gasteiger partial charge in [0.1, 0.15) is 5.75 Å². The first-order valence-electron chi connectivity index (χ1n) is 8.00. The molecule has 0 aliphatic rings. The van der Waals surface area contributed by atoms with Crippen molar-refractivity contribution in [2.45, 2.75) is 26.7 Å². The molecule has 0 spiro atoms. The van der Waals surface area contributed by atoms with Crippen LogP contribution in [0.1, 0.15) is 24.5 Å². The number of nitrogens with one attached hydrogen (secondary N) is 2. The van der Waals surface area contributed by atoms with E-state index in [2.05, 4.69) is 41.8 Å². The third-order valence-corrected chi connectivity index (χ3v) is 3.68. The molecule has 0 saturated heterocycles. The molecule has 4 heteroatoms. The SMILES string of the molecule is CCOc1ccc(CCCNC(=S)Nc2cccc(C)c2)cc1. The van der Waals surface area contributed by atoms with E-state index < -0.39 is 0 Å². The van der Waals surface area contributed by atoms with Crippen LogP contribution in [0.5, 0.6) is 5.75 Å². The fourth-order valence-electron chi connectivity index (χ4n) is 2.31. The molecule has 0 saturated carbocycles. The van der Waals surface area contributed by atoms with Gasteiger partial charge in [-0.1, -0.05) is 24.3 Å². The van der Waals surface area contributed by atoms with Crippen LogP contribution in [-0.4, -0.2) is 18.3 Å². The number of thiocarbonyl (C=S) groups is 1. The number of rotatable bonds is 7. The molecule has 0 atom stereocenters. The zero-order chi connectivity index (χ0) is 16.5. The van der Waals surface area contributed by atoms with Gasteiger partial charge in [-0.2, -0.15) is 0 Å². The van der Waals surface area contributed by atoms with Gasteiger partial charge in [-0.05, 0) is 74.3 Å². The van der Waals surface area contributed by atoms with Gasteiger partial charge in [-0.15, -0.1) is 0 Å². The van der Waals surface area contributed by atoms with Gasteiger partial charge in [0.05, 0.1) is 6.61 Å². The Morgan fingerprint density at radius 2 is 1.91 bits per heavy atom. The molecule has 122 valence electrons. The molecule has 23 heavy (non-hydrogen) atoms. The largest absolute Gasteiger partial charge is 0.494 e. The molecule has 0 aromatic heterocycles. The lowest BCUT2D eigenvalue weighted by Gasteiger charge is -2.11. The average Bonchev–Trinajstić information content (AvgIpc) is 2.53. The molecule has 2 aromatic carbocycles. The predicted molar refractivity (Wildman–Crippen MR) is 101 cm³/mol. The van der Waals surface area contributed by atoms with Crippen molar-refractivity contribution < 1.29 is 4.74 Å². The monoisotopic (exact) mass is 328 g/mol. The van der Waals surface area contributed by atoms with E-state index in [1.807, 2.05) is 31.2 Å². The van der Waals surface area contributed by atoms with E-state index in [9.17, 15) is 0 Å². The fourth-order valence-corrected chi connectivity index (χ4v) is 2.53. The van der Waals surface area contributed by atoms with E-state index in [0.717, 1.165) is 30.8 Å². The zero-order valence-corrected chi connectivity index (χ0v) is 14.6. The summed E-state index contributed by atoms with van der Waals surface area (Å²) in [4.78, 5) is 0. The Morgan fingerprint density at radius 1 is 1.13 bits per heavy atom. The predicted octanol–water partition coefficient (Wildman–Crippen LogP) is 4.31. The highest BCUT2D eigenvalue weighted by atomic mass is 32.1. The number of aryl methyl sites for hydroxylation is 2.